The first kappa shape index (κ1) is 19.0. The van der Waals surface area contributed by atoms with Crippen molar-refractivity contribution in [3.63, 3.8) is 0 Å². The van der Waals surface area contributed by atoms with Crippen molar-refractivity contribution in [3.8, 4) is 0 Å². The van der Waals surface area contributed by atoms with Crippen molar-refractivity contribution >= 4 is 17.7 Å². The molecule has 1 amide bonds. The minimum absolute atomic E-state index is 0.0264. The monoisotopic (exact) mass is 367 g/mol. The molecule has 5 heteroatoms. The van der Waals surface area contributed by atoms with E-state index in [2.05, 4.69) is 0 Å². The highest BCUT2D eigenvalue weighted by Crippen LogP contribution is 2.35. The maximum absolute atomic E-state index is 12.4. The lowest BCUT2D eigenvalue weighted by atomic mass is 9.87. The van der Waals surface area contributed by atoms with Crippen molar-refractivity contribution in [3.05, 3.63) is 65.2 Å². The number of aliphatic carboxylic acids is 1. The summed E-state index contributed by atoms with van der Waals surface area (Å²) in [6.07, 6.45) is 0.411. The molecule has 0 aliphatic carbocycles. The van der Waals surface area contributed by atoms with Crippen LogP contribution in [0.15, 0.2) is 48.5 Å². The zero-order valence-corrected chi connectivity index (χ0v) is 15.9. The maximum Gasteiger partial charge on any atom is 0.414 e. The zero-order chi connectivity index (χ0) is 19.6. The molecule has 1 N–H and O–H groups in total. The standard InChI is InChI=1S/C22H25NO4/c1-22(2,3)27-21(26)23-12-11-17-13-16(9-10-19(17)23)18(14-20(24)25)15-7-5-4-6-8-15/h4-10,13,18H,11-12,14H2,1-3H3,(H,24,25). The van der Waals surface area contributed by atoms with E-state index in [1.54, 1.807) is 4.90 Å². The summed E-state index contributed by atoms with van der Waals surface area (Å²) in [5, 5.41) is 9.35. The molecule has 27 heavy (non-hydrogen) atoms. The second-order valence-corrected chi connectivity index (χ2v) is 7.83. The van der Waals surface area contributed by atoms with Gasteiger partial charge < -0.3 is 9.84 Å². The van der Waals surface area contributed by atoms with Gasteiger partial charge in [0.1, 0.15) is 5.60 Å². The minimum atomic E-state index is -0.834. The van der Waals surface area contributed by atoms with Crippen LogP contribution in [0.25, 0.3) is 0 Å². The number of anilines is 1. The molecule has 0 spiro atoms. The number of carbonyl (C=O) groups is 2. The molecule has 2 aromatic rings. The van der Waals surface area contributed by atoms with Crippen molar-refractivity contribution in [2.75, 3.05) is 11.4 Å². The van der Waals surface area contributed by atoms with Crippen molar-refractivity contribution in [1.82, 2.24) is 0 Å². The summed E-state index contributed by atoms with van der Waals surface area (Å²) in [5.74, 6) is -1.05. The van der Waals surface area contributed by atoms with Gasteiger partial charge in [-0.15, -0.1) is 0 Å². The first-order valence-corrected chi connectivity index (χ1v) is 9.14. The number of amides is 1. The largest absolute Gasteiger partial charge is 0.481 e. The third-order valence-electron chi connectivity index (χ3n) is 4.60. The summed E-state index contributed by atoms with van der Waals surface area (Å²) in [7, 11) is 0. The van der Waals surface area contributed by atoms with Crippen molar-refractivity contribution in [2.24, 2.45) is 0 Å². The highest BCUT2D eigenvalue weighted by molar-refractivity contribution is 5.90. The zero-order valence-electron chi connectivity index (χ0n) is 15.9. The van der Waals surface area contributed by atoms with E-state index in [1.165, 1.54) is 0 Å². The molecule has 3 rings (SSSR count). The normalized spacial score (nSPS) is 14.6. The van der Waals surface area contributed by atoms with E-state index in [0.717, 1.165) is 28.8 Å². The predicted octanol–water partition coefficient (Wildman–Crippen LogP) is 4.59. The fourth-order valence-electron chi connectivity index (χ4n) is 3.43. The number of hydrogen-bond acceptors (Lipinski definition) is 3. The van der Waals surface area contributed by atoms with Crippen LogP contribution in [0.1, 0.15) is 49.8 Å². The number of carboxylic acid groups (broad SMARTS) is 1. The maximum atomic E-state index is 12.4. The van der Waals surface area contributed by atoms with Crippen LogP contribution in [0, 0.1) is 0 Å². The number of hydrogen-bond donors (Lipinski definition) is 1. The predicted molar refractivity (Wildman–Crippen MR) is 104 cm³/mol. The molecular formula is C22H25NO4. The van der Waals surface area contributed by atoms with E-state index >= 15 is 0 Å². The Labute approximate surface area is 159 Å². The van der Waals surface area contributed by atoms with Gasteiger partial charge in [0.05, 0.1) is 12.1 Å². The van der Waals surface area contributed by atoms with Crippen molar-refractivity contribution in [1.29, 1.82) is 0 Å². The van der Waals surface area contributed by atoms with Gasteiger partial charge in [0, 0.05) is 12.5 Å². The summed E-state index contributed by atoms with van der Waals surface area (Å²) in [5.41, 5.74) is 3.27. The van der Waals surface area contributed by atoms with Gasteiger partial charge in [-0.2, -0.15) is 0 Å². The molecule has 2 aromatic carbocycles. The number of benzene rings is 2. The molecule has 0 saturated carbocycles. The summed E-state index contributed by atoms with van der Waals surface area (Å²) < 4.78 is 5.49. The quantitative estimate of drug-likeness (QED) is 0.858. The first-order chi connectivity index (χ1) is 12.7. The van der Waals surface area contributed by atoms with Gasteiger partial charge in [0.2, 0.25) is 0 Å². The van der Waals surface area contributed by atoms with Crippen LogP contribution in [-0.2, 0) is 16.0 Å². The SMILES string of the molecule is CC(C)(C)OC(=O)N1CCc2cc(C(CC(=O)O)c3ccccc3)ccc21. The molecule has 1 unspecified atom stereocenters. The Morgan fingerprint density at radius 3 is 2.44 bits per heavy atom. The number of fused-ring (bicyclic) bond motifs is 1. The van der Waals surface area contributed by atoms with Gasteiger partial charge in [-0.3, -0.25) is 9.69 Å². The molecule has 0 radical (unpaired) electrons. The number of ether oxygens (including phenoxy) is 1. The molecule has 1 atom stereocenters. The van der Waals surface area contributed by atoms with E-state index in [-0.39, 0.29) is 18.4 Å². The highest BCUT2D eigenvalue weighted by atomic mass is 16.6. The van der Waals surface area contributed by atoms with Gasteiger partial charge in [0.15, 0.2) is 0 Å². The van der Waals surface area contributed by atoms with Crippen LogP contribution >= 0.6 is 0 Å². The number of rotatable bonds is 4. The number of carboxylic acids is 1. The van der Waals surface area contributed by atoms with Gasteiger partial charge in [-0.1, -0.05) is 42.5 Å². The molecule has 0 bridgehead atoms. The van der Waals surface area contributed by atoms with Crippen LogP contribution in [0.2, 0.25) is 0 Å². The Hall–Kier alpha value is -2.82. The Morgan fingerprint density at radius 1 is 1.11 bits per heavy atom. The summed E-state index contributed by atoms with van der Waals surface area (Å²) in [4.78, 5) is 25.5. The molecule has 1 aliphatic rings. The van der Waals surface area contributed by atoms with Gasteiger partial charge in [-0.25, -0.2) is 4.79 Å². The smallest absolute Gasteiger partial charge is 0.414 e. The second kappa shape index (κ2) is 7.43. The summed E-state index contributed by atoms with van der Waals surface area (Å²) in [6, 6.07) is 15.5. The molecular weight excluding hydrogens is 342 g/mol. The second-order valence-electron chi connectivity index (χ2n) is 7.83. The molecule has 1 heterocycles. The van der Waals surface area contributed by atoms with E-state index in [0.29, 0.717) is 6.54 Å². The molecule has 1 aliphatic heterocycles. The summed E-state index contributed by atoms with van der Waals surface area (Å²) >= 11 is 0. The Morgan fingerprint density at radius 2 is 1.81 bits per heavy atom. The Kier molecular flexibility index (Phi) is 5.22. The van der Waals surface area contributed by atoms with Gasteiger partial charge in [0.25, 0.3) is 0 Å². The third kappa shape index (κ3) is 4.48. The highest BCUT2D eigenvalue weighted by Gasteiger charge is 2.30. The molecule has 0 aromatic heterocycles. The lowest BCUT2D eigenvalue weighted by Gasteiger charge is -2.25. The molecule has 0 fully saturated rings. The molecule has 142 valence electrons. The van der Waals surface area contributed by atoms with Crippen LogP contribution in [0.3, 0.4) is 0 Å². The fraction of sp³-hybridized carbons (Fsp3) is 0.364. The van der Waals surface area contributed by atoms with Crippen molar-refractivity contribution in [2.45, 2.75) is 45.1 Å². The Bertz CT molecular complexity index is 839. The van der Waals surface area contributed by atoms with E-state index in [9.17, 15) is 14.7 Å². The molecule has 5 nitrogen and oxygen atoms in total. The minimum Gasteiger partial charge on any atom is -0.481 e. The van der Waals surface area contributed by atoms with Gasteiger partial charge >= 0.3 is 12.1 Å². The fourth-order valence-corrected chi connectivity index (χ4v) is 3.43. The van der Waals surface area contributed by atoms with Crippen LogP contribution < -0.4 is 4.90 Å². The van der Waals surface area contributed by atoms with E-state index < -0.39 is 11.6 Å². The van der Waals surface area contributed by atoms with Crippen LogP contribution in [-0.4, -0.2) is 29.3 Å². The van der Waals surface area contributed by atoms with Crippen LogP contribution in [0.4, 0.5) is 10.5 Å². The number of carbonyl (C=O) groups excluding carboxylic acids is 1. The average molecular weight is 367 g/mol. The van der Waals surface area contributed by atoms with Gasteiger partial charge in [-0.05, 0) is 49.9 Å². The average Bonchev–Trinajstić information content (AvgIpc) is 3.02. The number of nitrogens with zero attached hydrogens (tertiary/aromatic N) is 1. The van der Waals surface area contributed by atoms with Crippen molar-refractivity contribution < 1.29 is 19.4 Å². The lowest BCUT2D eigenvalue weighted by Crippen LogP contribution is -2.35. The van der Waals surface area contributed by atoms with E-state index in [4.69, 9.17) is 4.74 Å². The Balaban J connectivity index is 1.89. The topological polar surface area (TPSA) is 66.8 Å². The first-order valence-electron chi connectivity index (χ1n) is 9.14. The third-order valence-corrected chi connectivity index (χ3v) is 4.60. The summed E-state index contributed by atoms with van der Waals surface area (Å²) in [6.45, 7) is 6.12. The van der Waals surface area contributed by atoms with Crippen LogP contribution in [0.5, 0.6) is 0 Å². The lowest BCUT2D eigenvalue weighted by molar-refractivity contribution is -0.137. The van der Waals surface area contributed by atoms with E-state index in [1.807, 2.05) is 69.3 Å². The molecule has 0 saturated heterocycles.